The van der Waals surface area contributed by atoms with E-state index in [9.17, 15) is 18.8 Å². The summed E-state index contributed by atoms with van der Waals surface area (Å²) in [6, 6.07) is 13.9. The Labute approximate surface area is 177 Å². The van der Waals surface area contributed by atoms with E-state index in [1.807, 2.05) is 0 Å². The summed E-state index contributed by atoms with van der Waals surface area (Å²) in [7, 11) is 0. The second-order valence-electron chi connectivity index (χ2n) is 6.92. The van der Waals surface area contributed by atoms with Crippen LogP contribution in [0.4, 0.5) is 4.39 Å². The van der Waals surface area contributed by atoms with Crippen molar-refractivity contribution in [3.8, 4) is 5.75 Å². The summed E-state index contributed by atoms with van der Waals surface area (Å²) in [5, 5.41) is 2.73. The number of hydrogen-bond donors (Lipinski definition) is 1. The molecule has 0 fully saturated rings. The third kappa shape index (κ3) is 4.32. The maximum absolute atomic E-state index is 13.5. The molecule has 2 heterocycles. The van der Waals surface area contributed by atoms with Gasteiger partial charge in [0.2, 0.25) is 0 Å². The molecule has 7 nitrogen and oxygen atoms in total. The van der Waals surface area contributed by atoms with Crippen LogP contribution in [0.15, 0.2) is 65.3 Å². The largest absolute Gasteiger partial charge is 0.490 e. The highest BCUT2D eigenvalue weighted by Gasteiger charge is 2.36. The molecule has 0 saturated carbocycles. The number of nitrogens with one attached hydrogen (secondary N) is 1. The third-order valence-electron chi connectivity index (χ3n) is 4.83. The second-order valence-corrected chi connectivity index (χ2v) is 6.92. The first kappa shape index (κ1) is 20.3. The summed E-state index contributed by atoms with van der Waals surface area (Å²) < 4.78 is 24.0. The SMILES string of the molecule is O=C(NCCCOc1ccccc1F)c1ccc2c(c1)C(=O)N(Cc1ccco1)C2=O. The van der Waals surface area contributed by atoms with Gasteiger partial charge in [-0.05, 0) is 48.9 Å². The van der Waals surface area contributed by atoms with Gasteiger partial charge in [-0.3, -0.25) is 19.3 Å². The molecule has 31 heavy (non-hydrogen) atoms. The van der Waals surface area contributed by atoms with Crippen molar-refractivity contribution >= 4 is 17.7 Å². The van der Waals surface area contributed by atoms with Gasteiger partial charge >= 0.3 is 0 Å². The minimum absolute atomic E-state index is 0.0306. The molecular weight excluding hydrogens is 403 g/mol. The van der Waals surface area contributed by atoms with E-state index in [1.54, 1.807) is 24.3 Å². The van der Waals surface area contributed by atoms with Gasteiger partial charge in [0.15, 0.2) is 11.6 Å². The summed E-state index contributed by atoms with van der Waals surface area (Å²) in [6.45, 7) is 0.574. The molecule has 4 rings (SSSR count). The maximum Gasteiger partial charge on any atom is 0.261 e. The molecule has 0 spiro atoms. The average molecular weight is 422 g/mol. The van der Waals surface area contributed by atoms with Crippen LogP contribution in [0.5, 0.6) is 5.75 Å². The Morgan fingerprint density at radius 3 is 2.61 bits per heavy atom. The number of halogens is 1. The topological polar surface area (TPSA) is 88.8 Å². The van der Waals surface area contributed by atoms with Gasteiger partial charge in [-0.1, -0.05) is 12.1 Å². The minimum Gasteiger partial charge on any atom is -0.490 e. The molecule has 1 aromatic heterocycles. The van der Waals surface area contributed by atoms with Crippen molar-refractivity contribution in [2.45, 2.75) is 13.0 Å². The fraction of sp³-hybridized carbons (Fsp3) is 0.174. The van der Waals surface area contributed by atoms with E-state index in [1.165, 1.54) is 36.6 Å². The van der Waals surface area contributed by atoms with Crippen LogP contribution in [0.25, 0.3) is 0 Å². The lowest BCUT2D eigenvalue weighted by atomic mass is 10.1. The summed E-state index contributed by atoms with van der Waals surface area (Å²) in [6.07, 6.45) is 1.94. The third-order valence-corrected chi connectivity index (χ3v) is 4.83. The summed E-state index contributed by atoms with van der Waals surface area (Å²) in [5.74, 6) is -1.05. The van der Waals surface area contributed by atoms with Crippen LogP contribution >= 0.6 is 0 Å². The van der Waals surface area contributed by atoms with E-state index in [4.69, 9.17) is 9.15 Å². The Morgan fingerprint density at radius 2 is 1.84 bits per heavy atom. The molecule has 0 aliphatic carbocycles. The molecule has 0 radical (unpaired) electrons. The van der Waals surface area contributed by atoms with Crippen LogP contribution in [0.1, 0.15) is 43.3 Å². The Kier molecular flexibility index (Phi) is 5.79. The van der Waals surface area contributed by atoms with Gasteiger partial charge in [0, 0.05) is 12.1 Å². The molecule has 8 heteroatoms. The summed E-state index contributed by atoms with van der Waals surface area (Å²) in [5.41, 5.74) is 0.716. The highest BCUT2D eigenvalue weighted by atomic mass is 19.1. The van der Waals surface area contributed by atoms with Gasteiger partial charge in [0.25, 0.3) is 17.7 Å². The van der Waals surface area contributed by atoms with E-state index in [2.05, 4.69) is 5.32 Å². The highest BCUT2D eigenvalue weighted by molar-refractivity contribution is 6.22. The van der Waals surface area contributed by atoms with Crippen LogP contribution < -0.4 is 10.1 Å². The summed E-state index contributed by atoms with van der Waals surface area (Å²) in [4.78, 5) is 38.7. The summed E-state index contributed by atoms with van der Waals surface area (Å²) >= 11 is 0. The zero-order valence-electron chi connectivity index (χ0n) is 16.5. The lowest BCUT2D eigenvalue weighted by Gasteiger charge is -2.11. The normalized spacial score (nSPS) is 12.7. The maximum atomic E-state index is 13.5. The van der Waals surface area contributed by atoms with Gasteiger partial charge in [0.05, 0.1) is 30.5 Å². The van der Waals surface area contributed by atoms with Gasteiger partial charge in [-0.25, -0.2) is 4.39 Å². The molecule has 3 amide bonds. The first-order valence-electron chi connectivity index (χ1n) is 9.73. The second kappa shape index (κ2) is 8.83. The predicted molar refractivity (Wildman–Crippen MR) is 108 cm³/mol. The van der Waals surface area contributed by atoms with Gasteiger partial charge < -0.3 is 14.5 Å². The quantitative estimate of drug-likeness (QED) is 0.444. The van der Waals surface area contributed by atoms with Crippen molar-refractivity contribution in [1.82, 2.24) is 10.2 Å². The number of carbonyl (C=O) groups is 3. The predicted octanol–water partition coefficient (Wildman–Crippen LogP) is 3.41. The Hall–Kier alpha value is -3.94. The van der Waals surface area contributed by atoms with E-state index in [-0.39, 0.29) is 41.5 Å². The van der Waals surface area contributed by atoms with Crippen molar-refractivity contribution in [3.05, 3.63) is 89.1 Å². The fourth-order valence-electron chi connectivity index (χ4n) is 3.25. The Morgan fingerprint density at radius 1 is 1.03 bits per heavy atom. The monoisotopic (exact) mass is 422 g/mol. The molecule has 1 aliphatic heterocycles. The van der Waals surface area contributed by atoms with Gasteiger partial charge in [-0.2, -0.15) is 0 Å². The first-order valence-corrected chi connectivity index (χ1v) is 9.73. The number of carbonyl (C=O) groups excluding carboxylic acids is 3. The number of fused-ring (bicyclic) bond motifs is 1. The molecule has 0 bridgehead atoms. The van der Waals surface area contributed by atoms with Crippen molar-refractivity contribution in [2.75, 3.05) is 13.2 Å². The minimum atomic E-state index is -0.468. The van der Waals surface area contributed by atoms with Crippen LogP contribution in [0.3, 0.4) is 0 Å². The molecule has 0 atom stereocenters. The lowest BCUT2D eigenvalue weighted by Crippen LogP contribution is -2.28. The molecule has 0 saturated heterocycles. The molecule has 2 aromatic carbocycles. The first-order chi connectivity index (χ1) is 15.0. The van der Waals surface area contributed by atoms with Crippen LogP contribution in [-0.4, -0.2) is 35.8 Å². The van der Waals surface area contributed by atoms with Crippen LogP contribution in [-0.2, 0) is 6.54 Å². The number of imide groups is 1. The molecule has 1 N–H and O–H groups in total. The number of rotatable bonds is 8. The van der Waals surface area contributed by atoms with Gasteiger partial charge in [0.1, 0.15) is 5.76 Å². The van der Waals surface area contributed by atoms with Crippen molar-refractivity contribution < 1.29 is 27.9 Å². The zero-order chi connectivity index (χ0) is 21.8. The standard InChI is InChI=1S/C23H19FN2O5/c24-19-6-1-2-7-20(19)31-12-4-10-25-21(27)15-8-9-17-18(13-15)23(29)26(22(17)28)14-16-5-3-11-30-16/h1-3,5-9,11,13H,4,10,12,14H2,(H,25,27). The lowest BCUT2D eigenvalue weighted by molar-refractivity contribution is 0.0631. The number of benzene rings is 2. The Balaban J connectivity index is 1.32. The zero-order valence-corrected chi connectivity index (χ0v) is 16.5. The van der Waals surface area contributed by atoms with E-state index in [0.29, 0.717) is 18.7 Å². The van der Waals surface area contributed by atoms with Crippen LogP contribution in [0, 0.1) is 5.82 Å². The average Bonchev–Trinajstić information content (AvgIpc) is 3.37. The number of para-hydroxylation sites is 1. The van der Waals surface area contributed by atoms with Crippen molar-refractivity contribution in [3.63, 3.8) is 0 Å². The van der Waals surface area contributed by atoms with Crippen LogP contribution in [0.2, 0.25) is 0 Å². The number of hydrogen-bond acceptors (Lipinski definition) is 5. The van der Waals surface area contributed by atoms with Crippen molar-refractivity contribution in [2.24, 2.45) is 0 Å². The molecule has 3 aromatic rings. The smallest absolute Gasteiger partial charge is 0.261 e. The van der Waals surface area contributed by atoms with Gasteiger partial charge in [-0.15, -0.1) is 0 Å². The van der Waals surface area contributed by atoms with E-state index < -0.39 is 17.6 Å². The fourth-order valence-corrected chi connectivity index (χ4v) is 3.25. The van der Waals surface area contributed by atoms with E-state index in [0.717, 1.165) is 4.90 Å². The number of furan rings is 1. The van der Waals surface area contributed by atoms with E-state index >= 15 is 0 Å². The molecule has 1 aliphatic rings. The number of nitrogens with zero attached hydrogens (tertiary/aromatic N) is 1. The molecular formula is C23H19FN2O5. The number of ether oxygens (including phenoxy) is 1. The highest BCUT2D eigenvalue weighted by Crippen LogP contribution is 2.26. The molecule has 0 unspecified atom stereocenters. The van der Waals surface area contributed by atoms with Crippen molar-refractivity contribution in [1.29, 1.82) is 0 Å². The number of amides is 3. The Bertz CT molecular complexity index is 1130. The molecule has 158 valence electrons.